The van der Waals surface area contributed by atoms with E-state index in [-0.39, 0.29) is 0 Å². The van der Waals surface area contributed by atoms with Gasteiger partial charge in [0.05, 0.1) is 11.4 Å². The van der Waals surface area contributed by atoms with E-state index in [4.69, 9.17) is 0 Å². The highest BCUT2D eigenvalue weighted by Crippen LogP contribution is 2.35. The third-order valence-corrected chi connectivity index (χ3v) is 3.84. The van der Waals surface area contributed by atoms with E-state index in [2.05, 4.69) is 77.8 Å². The number of nitrogens with one attached hydrogen (secondary N) is 1. The molecule has 3 aromatic carbocycles. The van der Waals surface area contributed by atoms with Gasteiger partial charge in [0.25, 0.3) is 0 Å². The van der Waals surface area contributed by atoms with Gasteiger partial charge in [-0.15, -0.1) is 0 Å². The highest BCUT2D eigenvalue weighted by Gasteiger charge is 2.12. The molecule has 0 amide bonds. The van der Waals surface area contributed by atoms with Crippen molar-refractivity contribution < 1.29 is 0 Å². The first kappa shape index (κ1) is 12.0. The van der Waals surface area contributed by atoms with Crippen molar-refractivity contribution in [2.45, 2.75) is 0 Å². The number of rotatable bonds is 2. The summed E-state index contributed by atoms with van der Waals surface area (Å²) in [7, 11) is 0. The molecule has 0 aliphatic heterocycles. The van der Waals surface area contributed by atoms with Crippen LogP contribution >= 0.6 is 0 Å². The first-order chi connectivity index (χ1) is 10.4. The molecule has 0 spiro atoms. The Balaban J connectivity index is 2.02. The van der Waals surface area contributed by atoms with Gasteiger partial charge in [0.1, 0.15) is 0 Å². The Labute approximate surface area is 123 Å². The summed E-state index contributed by atoms with van der Waals surface area (Å²) in [6.45, 7) is 0. The topological polar surface area (TPSA) is 15.8 Å². The zero-order valence-corrected chi connectivity index (χ0v) is 11.6. The van der Waals surface area contributed by atoms with Gasteiger partial charge >= 0.3 is 0 Å². The number of fused-ring (bicyclic) bond motifs is 1. The summed E-state index contributed by atoms with van der Waals surface area (Å²) in [5.74, 6) is 0. The highest BCUT2D eigenvalue weighted by molar-refractivity contribution is 6.04. The lowest BCUT2D eigenvalue weighted by Crippen LogP contribution is -1.79. The molecular weight excluding hydrogens is 254 g/mol. The van der Waals surface area contributed by atoms with Gasteiger partial charge in [-0.2, -0.15) is 0 Å². The van der Waals surface area contributed by atoms with Crippen LogP contribution in [0.5, 0.6) is 0 Å². The van der Waals surface area contributed by atoms with Gasteiger partial charge in [-0.05, 0) is 11.1 Å². The molecule has 21 heavy (non-hydrogen) atoms. The van der Waals surface area contributed by atoms with E-state index in [1.165, 1.54) is 33.3 Å². The van der Waals surface area contributed by atoms with E-state index in [1.54, 1.807) is 0 Å². The molecule has 0 fully saturated rings. The predicted octanol–water partition coefficient (Wildman–Crippen LogP) is 5.50. The number of aromatic amines is 1. The van der Waals surface area contributed by atoms with Gasteiger partial charge in [0, 0.05) is 10.8 Å². The van der Waals surface area contributed by atoms with Crippen molar-refractivity contribution in [3.63, 3.8) is 0 Å². The van der Waals surface area contributed by atoms with Crippen LogP contribution in [-0.2, 0) is 0 Å². The molecule has 100 valence electrons. The molecule has 4 rings (SSSR count). The quantitative estimate of drug-likeness (QED) is 0.494. The molecule has 1 nitrogen and oxygen atoms in total. The Hall–Kier alpha value is -2.80. The molecule has 1 heteroatoms. The number of aromatic nitrogens is 1. The van der Waals surface area contributed by atoms with Gasteiger partial charge in [0.2, 0.25) is 0 Å². The van der Waals surface area contributed by atoms with Crippen molar-refractivity contribution in [1.29, 1.82) is 0 Å². The molecular formula is C20H15N. The van der Waals surface area contributed by atoms with E-state index < -0.39 is 0 Å². The monoisotopic (exact) mass is 269 g/mol. The van der Waals surface area contributed by atoms with Crippen LogP contribution in [-0.4, -0.2) is 4.98 Å². The predicted molar refractivity (Wildman–Crippen MR) is 89.2 cm³/mol. The SMILES string of the molecule is c1ccc(-c2[nH]c(-c3ccccc3)c3ccccc23)cc1. The van der Waals surface area contributed by atoms with Crippen LogP contribution in [0.2, 0.25) is 0 Å². The highest BCUT2D eigenvalue weighted by atomic mass is 14.7. The molecule has 1 aromatic heterocycles. The number of hydrogen-bond donors (Lipinski definition) is 1. The second kappa shape index (κ2) is 4.95. The lowest BCUT2D eigenvalue weighted by Gasteiger charge is -1.99. The Morgan fingerprint density at radius 1 is 0.429 bits per heavy atom. The zero-order valence-electron chi connectivity index (χ0n) is 11.6. The third-order valence-electron chi connectivity index (χ3n) is 3.84. The first-order valence-corrected chi connectivity index (χ1v) is 7.15. The molecule has 1 N–H and O–H groups in total. The van der Waals surface area contributed by atoms with Crippen molar-refractivity contribution in [1.82, 2.24) is 4.98 Å². The molecule has 0 aliphatic carbocycles. The van der Waals surface area contributed by atoms with Gasteiger partial charge in [0.15, 0.2) is 0 Å². The van der Waals surface area contributed by atoms with Gasteiger partial charge in [-0.25, -0.2) is 0 Å². The number of benzene rings is 3. The third kappa shape index (κ3) is 2.03. The molecule has 0 bridgehead atoms. The van der Waals surface area contributed by atoms with Crippen molar-refractivity contribution in [3.8, 4) is 22.5 Å². The van der Waals surface area contributed by atoms with Gasteiger partial charge in [-0.1, -0.05) is 84.9 Å². The van der Waals surface area contributed by atoms with Crippen LogP contribution in [0.25, 0.3) is 33.3 Å². The fourth-order valence-corrected chi connectivity index (χ4v) is 2.84. The summed E-state index contributed by atoms with van der Waals surface area (Å²) >= 11 is 0. The van der Waals surface area contributed by atoms with E-state index in [9.17, 15) is 0 Å². The second-order valence-corrected chi connectivity index (χ2v) is 5.15. The largest absolute Gasteiger partial charge is 0.354 e. The Kier molecular flexibility index (Phi) is 2.82. The van der Waals surface area contributed by atoms with Crippen molar-refractivity contribution in [2.24, 2.45) is 0 Å². The fraction of sp³-hybridized carbons (Fsp3) is 0. The van der Waals surface area contributed by atoms with Gasteiger partial charge < -0.3 is 4.98 Å². The van der Waals surface area contributed by atoms with E-state index >= 15 is 0 Å². The smallest absolute Gasteiger partial charge is 0.0538 e. The minimum atomic E-state index is 1.19. The summed E-state index contributed by atoms with van der Waals surface area (Å²) in [5, 5.41) is 2.53. The number of H-pyrrole nitrogens is 1. The summed E-state index contributed by atoms with van der Waals surface area (Å²) in [4.78, 5) is 3.62. The zero-order chi connectivity index (χ0) is 14.1. The molecule has 0 atom stereocenters. The second-order valence-electron chi connectivity index (χ2n) is 5.15. The minimum absolute atomic E-state index is 1.19. The summed E-state index contributed by atoms with van der Waals surface area (Å²) < 4.78 is 0. The molecule has 0 aliphatic rings. The van der Waals surface area contributed by atoms with Crippen molar-refractivity contribution >= 4 is 10.8 Å². The Bertz CT molecular complexity index is 800. The maximum atomic E-state index is 3.62. The number of hydrogen-bond acceptors (Lipinski definition) is 0. The maximum absolute atomic E-state index is 3.62. The van der Waals surface area contributed by atoms with E-state index in [0.717, 1.165) is 0 Å². The fourth-order valence-electron chi connectivity index (χ4n) is 2.84. The van der Waals surface area contributed by atoms with Crippen LogP contribution in [0.4, 0.5) is 0 Å². The molecule has 0 unspecified atom stereocenters. The maximum Gasteiger partial charge on any atom is 0.0538 e. The van der Waals surface area contributed by atoms with Gasteiger partial charge in [-0.3, -0.25) is 0 Å². The standard InChI is InChI=1S/C20H15N/c1-3-9-15(10-4-1)19-17-13-7-8-14-18(17)20(21-19)16-11-5-2-6-12-16/h1-14,21H. The van der Waals surface area contributed by atoms with Crippen LogP contribution < -0.4 is 0 Å². The lowest BCUT2D eigenvalue weighted by molar-refractivity contribution is 1.40. The molecule has 0 saturated carbocycles. The normalized spacial score (nSPS) is 10.9. The van der Waals surface area contributed by atoms with E-state index in [0.29, 0.717) is 0 Å². The molecule has 0 saturated heterocycles. The minimum Gasteiger partial charge on any atom is -0.354 e. The van der Waals surface area contributed by atoms with Crippen molar-refractivity contribution in [3.05, 3.63) is 84.9 Å². The lowest BCUT2D eigenvalue weighted by atomic mass is 10.0. The molecule has 0 radical (unpaired) electrons. The van der Waals surface area contributed by atoms with E-state index in [1.807, 2.05) is 12.1 Å². The Morgan fingerprint density at radius 3 is 1.24 bits per heavy atom. The molecule has 4 aromatic rings. The van der Waals surface area contributed by atoms with Crippen LogP contribution in [0.1, 0.15) is 0 Å². The molecule has 1 heterocycles. The average Bonchev–Trinajstić information content (AvgIpc) is 2.96. The van der Waals surface area contributed by atoms with Crippen molar-refractivity contribution in [2.75, 3.05) is 0 Å². The first-order valence-electron chi connectivity index (χ1n) is 7.15. The average molecular weight is 269 g/mol. The van der Waals surface area contributed by atoms with Crippen LogP contribution in [0, 0.1) is 0 Å². The van der Waals surface area contributed by atoms with Crippen LogP contribution in [0.15, 0.2) is 84.9 Å². The van der Waals surface area contributed by atoms with Crippen LogP contribution in [0.3, 0.4) is 0 Å². The summed E-state index contributed by atoms with van der Waals surface area (Å²) in [6, 6.07) is 29.5. The Morgan fingerprint density at radius 2 is 0.810 bits per heavy atom. The summed E-state index contributed by atoms with van der Waals surface area (Å²) in [6.07, 6.45) is 0. The summed E-state index contributed by atoms with van der Waals surface area (Å²) in [5.41, 5.74) is 4.81.